The summed E-state index contributed by atoms with van der Waals surface area (Å²) in [5, 5.41) is 3.46. The zero-order chi connectivity index (χ0) is 15.0. The van der Waals surface area contributed by atoms with Crippen LogP contribution < -0.4 is 15.2 Å². The Morgan fingerprint density at radius 1 is 1.29 bits per heavy atom. The lowest BCUT2D eigenvalue weighted by Crippen LogP contribution is -2.17. The average molecular weight is 325 g/mol. The number of nitrogens with zero attached hydrogens (tertiary/aromatic N) is 1. The molecule has 4 nitrogen and oxygen atoms in total. The average Bonchev–Trinajstić information content (AvgIpc) is 2.96. The van der Waals surface area contributed by atoms with Crippen LogP contribution in [-0.2, 0) is 0 Å². The Morgan fingerprint density at radius 3 is 2.76 bits per heavy atom. The Balaban J connectivity index is 1.93. The van der Waals surface area contributed by atoms with Crippen molar-refractivity contribution in [2.24, 2.45) is 5.73 Å². The fourth-order valence-corrected chi connectivity index (χ4v) is 3.44. The summed E-state index contributed by atoms with van der Waals surface area (Å²) in [4.78, 5) is 4.61. The van der Waals surface area contributed by atoms with E-state index in [-0.39, 0.29) is 6.04 Å². The monoisotopic (exact) mass is 324 g/mol. The lowest BCUT2D eigenvalue weighted by Gasteiger charge is -2.21. The summed E-state index contributed by atoms with van der Waals surface area (Å²) in [6, 6.07) is 3.41. The first kappa shape index (κ1) is 14.6. The molecule has 1 aromatic heterocycles. The van der Waals surface area contributed by atoms with Gasteiger partial charge in [-0.05, 0) is 23.6 Å². The molecule has 0 spiro atoms. The Morgan fingerprint density at radius 2 is 2.05 bits per heavy atom. The highest BCUT2D eigenvalue weighted by Crippen LogP contribution is 2.40. The first-order valence-corrected chi connectivity index (χ1v) is 8.12. The van der Waals surface area contributed by atoms with Crippen LogP contribution in [0.1, 0.15) is 42.1 Å². The molecule has 0 radical (unpaired) electrons. The van der Waals surface area contributed by atoms with E-state index in [2.05, 4.69) is 24.2 Å². The number of thiazole rings is 1. The summed E-state index contributed by atoms with van der Waals surface area (Å²) in [5.41, 5.74) is 8.27. The van der Waals surface area contributed by atoms with Crippen molar-refractivity contribution in [3.05, 3.63) is 38.8 Å². The van der Waals surface area contributed by atoms with Gasteiger partial charge in [0.05, 0.1) is 16.8 Å². The molecule has 6 heteroatoms. The minimum absolute atomic E-state index is 0.309. The third-order valence-electron chi connectivity index (χ3n) is 3.38. The van der Waals surface area contributed by atoms with Crippen molar-refractivity contribution in [2.75, 3.05) is 13.2 Å². The van der Waals surface area contributed by atoms with E-state index in [0.29, 0.717) is 35.7 Å². The van der Waals surface area contributed by atoms with E-state index < -0.39 is 0 Å². The normalized spacial score (nSPS) is 15.3. The number of hydrogen-bond donors (Lipinski definition) is 1. The maximum absolute atomic E-state index is 6.32. The molecule has 3 rings (SSSR count). The molecule has 21 heavy (non-hydrogen) atoms. The van der Waals surface area contributed by atoms with Crippen LogP contribution in [0.3, 0.4) is 0 Å². The molecule has 1 aromatic carbocycles. The fraction of sp³-hybridized carbons (Fsp3) is 0.400. The third kappa shape index (κ3) is 2.86. The molecule has 2 aromatic rings. The predicted molar refractivity (Wildman–Crippen MR) is 84.7 cm³/mol. The quantitative estimate of drug-likeness (QED) is 0.934. The van der Waals surface area contributed by atoms with Gasteiger partial charge in [-0.2, -0.15) is 0 Å². The fourth-order valence-electron chi connectivity index (χ4n) is 2.16. The van der Waals surface area contributed by atoms with Gasteiger partial charge in [-0.3, -0.25) is 0 Å². The van der Waals surface area contributed by atoms with Crippen molar-refractivity contribution in [1.82, 2.24) is 4.98 Å². The zero-order valence-corrected chi connectivity index (χ0v) is 13.5. The van der Waals surface area contributed by atoms with E-state index in [1.54, 1.807) is 11.3 Å². The van der Waals surface area contributed by atoms with Crippen LogP contribution in [-0.4, -0.2) is 18.2 Å². The third-order valence-corrected chi connectivity index (χ3v) is 4.60. The molecule has 0 amide bonds. The lowest BCUT2D eigenvalue weighted by molar-refractivity contribution is 0.171. The Hall–Kier alpha value is -1.30. The van der Waals surface area contributed by atoms with Gasteiger partial charge in [-0.1, -0.05) is 25.4 Å². The molecule has 1 atom stereocenters. The second-order valence-corrected chi connectivity index (χ2v) is 6.57. The largest absolute Gasteiger partial charge is 0.486 e. The summed E-state index contributed by atoms with van der Waals surface area (Å²) in [6.07, 6.45) is 0. The van der Waals surface area contributed by atoms with Gasteiger partial charge in [0.2, 0.25) is 0 Å². The molecule has 1 aliphatic heterocycles. The second-order valence-electron chi connectivity index (χ2n) is 5.27. The summed E-state index contributed by atoms with van der Waals surface area (Å²) >= 11 is 7.83. The highest BCUT2D eigenvalue weighted by atomic mass is 35.5. The van der Waals surface area contributed by atoms with Crippen LogP contribution in [0.5, 0.6) is 11.5 Å². The van der Waals surface area contributed by atoms with E-state index in [9.17, 15) is 0 Å². The molecular weight excluding hydrogens is 308 g/mol. The Kier molecular flexibility index (Phi) is 4.06. The molecule has 0 saturated heterocycles. The number of ether oxygens (including phenoxy) is 2. The number of nitrogens with two attached hydrogens (primary N) is 1. The number of aromatic nitrogens is 1. The minimum atomic E-state index is -0.309. The van der Waals surface area contributed by atoms with Crippen molar-refractivity contribution in [2.45, 2.75) is 25.8 Å². The van der Waals surface area contributed by atoms with Crippen LogP contribution in [0.2, 0.25) is 5.02 Å². The molecule has 1 aliphatic rings. The Bertz CT molecular complexity index is 657. The van der Waals surface area contributed by atoms with Gasteiger partial charge in [-0.15, -0.1) is 11.3 Å². The van der Waals surface area contributed by atoms with Gasteiger partial charge < -0.3 is 15.2 Å². The molecule has 112 valence electrons. The van der Waals surface area contributed by atoms with Gasteiger partial charge in [0.25, 0.3) is 0 Å². The van der Waals surface area contributed by atoms with E-state index in [0.717, 1.165) is 16.3 Å². The van der Waals surface area contributed by atoms with Crippen molar-refractivity contribution in [3.8, 4) is 11.5 Å². The molecular formula is C15H17ClN2O2S. The summed E-state index contributed by atoms with van der Waals surface area (Å²) in [7, 11) is 0. The molecule has 0 aliphatic carbocycles. The number of rotatable bonds is 3. The highest BCUT2D eigenvalue weighted by molar-refractivity contribution is 7.09. The molecule has 1 unspecified atom stereocenters. The van der Waals surface area contributed by atoms with Crippen molar-refractivity contribution >= 4 is 22.9 Å². The minimum Gasteiger partial charge on any atom is -0.486 e. The number of halogens is 1. The van der Waals surface area contributed by atoms with E-state index >= 15 is 0 Å². The zero-order valence-electron chi connectivity index (χ0n) is 11.9. The van der Waals surface area contributed by atoms with E-state index in [1.807, 2.05) is 12.1 Å². The first-order valence-electron chi connectivity index (χ1n) is 6.86. The first-order chi connectivity index (χ1) is 10.1. The van der Waals surface area contributed by atoms with Crippen molar-refractivity contribution in [3.63, 3.8) is 0 Å². The van der Waals surface area contributed by atoms with Crippen LogP contribution in [0.15, 0.2) is 17.5 Å². The smallest absolute Gasteiger partial charge is 0.179 e. The molecule has 0 fully saturated rings. The maximum Gasteiger partial charge on any atom is 0.179 e. The maximum atomic E-state index is 6.32. The summed E-state index contributed by atoms with van der Waals surface area (Å²) < 4.78 is 11.1. The van der Waals surface area contributed by atoms with Gasteiger partial charge in [0, 0.05) is 5.38 Å². The van der Waals surface area contributed by atoms with E-state index in [1.165, 1.54) is 0 Å². The topological polar surface area (TPSA) is 57.4 Å². The SMILES string of the molecule is CC(C)c1csc(C(N)c2cc(Cl)c3c(c2)OCCO3)n1. The lowest BCUT2D eigenvalue weighted by atomic mass is 10.1. The second kappa shape index (κ2) is 5.83. The molecule has 0 bridgehead atoms. The van der Waals surface area contributed by atoms with Crippen LogP contribution in [0, 0.1) is 0 Å². The predicted octanol–water partition coefficient (Wildman–Crippen LogP) is 3.74. The summed E-state index contributed by atoms with van der Waals surface area (Å²) in [5.74, 6) is 1.65. The summed E-state index contributed by atoms with van der Waals surface area (Å²) in [6.45, 7) is 5.27. The molecule has 2 N–H and O–H groups in total. The van der Waals surface area contributed by atoms with E-state index in [4.69, 9.17) is 26.8 Å². The molecule has 2 heterocycles. The van der Waals surface area contributed by atoms with Crippen molar-refractivity contribution < 1.29 is 9.47 Å². The van der Waals surface area contributed by atoms with Crippen LogP contribution >= 0.6 is 22.9 Å². The number of hydrogen-bond acceptors (Lipinski definition) is 5. The Labute approximate surface area is 132 Å². The van der Waals surface area contributed by atoms with Gasteiger partial charge in [-0.25, -0.2) is 4.98 Å². The van der Waals surface area contributed by atoms with Crippen molar-refractivity contribution in [1.29, 1.82) is 0 Å². The van der Waals surface area contributed by atoms with Gasteiger partial charge >= 0.3 is 0 Å². The standard InChI is InChI=1S/C15H17ClN2O2S/c1-8(2)11-7-21-15(18-11)13(17)9-5-10(16)14-12(6-9)19-3-4-20-14/h5-8,13H,3-4,17H2,1-2H3. The number of benzene rings is 1. The van der Waals surface area contributed by atoms with Crippen LogP contribution in [0.25, 0.3) is 0 Å². The van der Waals surface area contributed by atoms with Gasteiger partial charge in [0.1, 0.15) is 18.2 Å². The molecule has 0 saturated carbocycles. The van der Waals surface area contributed by atoms with Crippen LogP contribution in [0.4, 0.5) is 0 Å². The highest BCUT2D eigenvalue weighted by Gasteiger charge is 2.21. The number of fused-ring (bicyclic) bond motifs is 1. The van der Waals surface area contributed by atoms with Gasteiger partial charge in [0.15, 0.2) is 11.5 Å².